The number of rotatable bonds is 15. The summed E-state index contributed by atoms with van der Waals surface area (Å²) in [6.07, 6.45) is -14.1. The first kappa shape index (κ1) is 66.8. The third-order valence-corrected chi connectivity index (χ3v) is 13.4. The molecular formula is C54H93N7O20. The average Bonchev–Trinajstić information content (AvgIpc) is 3.47. The van der Waals surface area contributed by atoms with Gasteiger partial charge < -0.3 is 105 Å². The summed E-state index contributed by atoms with van der Waals surface area (Å²) in [6.45, 7) is 26.0. The number of carbonyl (C=O) groups is 6. The minimum atomic E-state index is -1.94. The predicted octanol–water partition coefficient (Wildman–Crippen LogP) is 2.36. The van der Waals surface area contributed by atoms with E-state index in [1.165, 1.54) is 18.9 Å². The fourth-order valence-electron chi connectivity index (χ4n) is 9.91. The van der Waals surface area contributed by atoms with Gasteiger partial charge in [0.2, 0.25) is 12.2 Å². The molecule has 0 aromatic carbocycles. The van der Waals surface area contributed by atoms with E-state index in [1.54, 1.807) is 110 Å². The predicted molar refractivity (Wildman–Crippen MR) is 288 cm³/mol. The summed E-state index contributed by atoms with van der Waals surface area (Å²) < 4.78 is 53.0. The first-order valence-corrected chi connectivity index (χ1v) is 27.6. The van der Waals surface area contributed by atoms with E-state index in [4.69, 9.17) is 42.6 Å². The topological polar surface area (TPSA) is 353 Å². The van der Waals surface area contributed by atoms with E-state index < -0.39 is 155 Å². The number of ether oxygens (including phenoxy) is 9. The van der Waals surface area contributed by atoms with Crippen LogP contribution in [-0.4, -0.2) is 224 Å². The summed E-state index contributed by atoms with van der Waals surface area (Å²) in [4.78, 5) is 82.2. The van der Waals surface area contributed by atoms with Gasteiger partial charge in [-0.1, -0.05) is 0 Å². The van der Waals surface area contributed by atoms with Gasteiger partial charge in [-0.05, 0) is 143 Å². The molecule has 4 fully saturated rings. The molecule has 2 saturated heterocycles. The highest BCUT2D eigenvalue weighted by molar-refractivity contribution is 5.82. The maximum absolute atomic E-state index is 14.2. The highest BCUT2D eigenvalue weighted by atomic mass is 16.7. The number of aliphatic hydroxyl groups excluding tert-OH is 3. The number of nitrogens with zero attached hydrogens (tertiary/aromatic N) is 2. The molecule has 464 valence electrons. The van der Waals surface area contributed by atoms with E-state index in [-0.39, 0.29) is 63.7 Å². The Morgan fingerprint density at radius 3 is 1.69 bits per heavy atom. The van der Waals surface area contributed by atoms with Crippen molar-refractivity contribution in [3.8, 4) is 0 Å². The van der Waals surface area contributed by atoms with Gasteiger partial charge >= 0.3 is 30.5 Å². The Bertz CT molecular complexity index is 2240. The Kier molecular flexibility index (Phi) is 21.0. The van der Waals surface area contributed by atoms with Gasteiger partial charge in [0.25, 0.3) is 0 Å². The van der Waals surface area contributed by atoms with Crippen LogP contribution in [0.4, 0.5) is 24.0 Å². The van der Waals surface area contributed by atoms with Crippen LogP contribution in [0.5, 0.6) is 0 Å². The van der Waals surface area contributed by atoms with Crippen LogP contribution in [0, 0.1) is 5.92 Å². The normalized spacial score (nSPS) is 31.5. The number of amides is 6. The second kappa shape index (κ2) is 25.5. The lowest BCUT2D eigenvalue weighted by atomic mass is 9.75. The molecule has 1 unspecified atom stereocenters. The van der Waals surface area contributed by atoms with Crippen molar-refractivity contribution in [3.05, 3.63) is 11.8 Å². The highest BCUT2D eigenvalue weighted by Crippen LogP contribution is 2.36. The zero-order valence-corrected chi connectivity index (χ0v) is 50.2. The van der Waals surface area contributed by atoms with E-state index in [1.807, 2.05) is 0 Å². The molecule has 12 atom stereocenters. The van der Waals surface area contributed by atoms with Crippen LogP contribution in [0.1, 0.15) is 136 Å². The molecule has 0 bridgehead atoms. The number of hydrogen-bond donors (Lipinski definition) is 10. The lowest BCUT2D eigenvalue weighted by molar-refractivity contribution is -0.311. The van der Waals surface area contributed by atoms with Gasteiger partial charge in [0, 0.05) is 38.6 Å². The highest BCUT2D eigenvalue weighted by Gasteiger charge is 2.56. The standard InChI is InChI=1S/C54H93N7O20/c1-48(2,3)77-43(66)56-29-21-54(72,22-29)26-55-23-30-18-19-31(58-44(67)78-49(4,5)6)41(74-30)75-38-33(59-45(68)79-50(7,8)9)20-32(57-40(65)34(62)28-24-61(25-28)47(70)81-52(13,14)15)37(35(38)63)76-42-36(64)39(53(16,71)27-73-42)60(17)46(69)80-51(10,11)12/h18,28-29,31-39,41-42,55,62-64,71-72H,19-27H2,1-17H3,(H,56,66)(H,57,65)(H,58,67)(H,59,68)/t29?,31-,32-,33+,34?,35-,36-,37+,38-,39-,41-,42-,53+,54?/m1/s1. The van der Waals surface area contributed by atoms with Crippen molar-refractivity contribution in [2.75, 3.05) is 39.8 Å². The monoisotopic (exact) mass is 1160 g/mol. The van der Waals surface area contributed by atoms with E-state index in [0.717, 1.165) is 4.90 Å². The van der Waals surface area contributed by atoms with E-state index >= 15 is 0 Å². The molecule has 3 heterocycles. The van der Waals surface area contributed by atoms with Crippen LogP contribution >= 0.6 is 0 Å². The number of aliphatic hydroxyl groups is 5. The maximum Gasteiger partial charge on any atom is 0.410 e. The summed E-state index contributed by atoms with van der Waals surface area (Å²) in [7, 11) is 1.31. The Morgan fingerprint density at radius 1 is 0.691 bits per heavy atom. The lowest BCUT2D eigenvalue weighted by Crippen LogP contribution is -2.71. The molecule has 5 aliphatic rings. The van der Waals surface area contributed by atoms with E-state index in [9.17, 15) is 54.3 Å². The van der Waals surface area contributed by atoms with Crippen LogP contribution in [0.15, 0.2) is 11.8 Å². The Morgan fingerprint density at radius 2 is 1.17 bits per heavy atom. The van der Waals surface area contributed by atoms with Gasteiger partial charge in [-0.2, -0.15) is 0 Å². The number of alkyl carbamates (subject to hydrolysis) is 3. The molecular weight excluding hydrogens is 1070 g/mol. The number of nitrogens with one attached hydrogen (secondary N) is 5. The zero-order chi connectivity index (χ0) is 61.2. The van der Waals surface area contributed by atoms with Gasteiger partial charge in [-0.3, -0.25) is 4.79 Å². The Hall–Kier alpha value is -5.00. The van der Waals surface area contributed by atoms with Gasteiger partial charge in [0.1, 0.15) is 69.9 Å². The average molecular weight is 1160 g/mol. The van der Waals surface area contributed by atoms with Gasteiger partial charge in [0.15, 0.2) is 6.29 Å². The minimum Gasteiger partial charge on any atom is -0.466 e. The van der Waals surface area contributed by atoms with Crippen molar-refractivity contribution >= 4 is 36.4 Å². The van der Waals surface area contributed by atoms with Gasteiger partial charge in [-0.25, -0.2) is 24.0 Å². The Labute approximate surface area is 475 Å². The van der Waals surface area contributed by atoms with Crippen LogP contribution in [-0.2, 0) is 47.4 Å². The number of hydrogen-bond acceptors (Lipinski definition) is 21. The lowest BCUT2D eigenvalue weighted by Gasteiger charge is -2.51. The third kappa shape index (κ3) is 19.8. The van der Waals surface area contributed by atoms with Crippen LogP contribution in [0.3, 0.4) is 0 Å². The number of carbonyl (C=O) groups excluding carboxylic acids is 6. The zero-order valence-electron chi connectivity index (χ0n) is 50.2. The largest absolute Gasteiger partial charge is 0.466 e. The third-order valence-electron chi connectivity index (χ3n) is 13.4. The van der Waals surface area contributed by atoms with Gasteiger partial charge in [-0.15, -0.1) is 0 Å². The number of likely N-dealkylation sites (tertiary alicyclic amines) is 1. The molecule has 10 N–H and O–H groups in total. The molecule has 27 nitrogen and oxygen atoms in total. The van der Waals surface area contributed by atoms with E-state index in [0.29, 0.717) is 0 Å². The quantitative estimate of drug-likeness (QED) is 0.105. The molecule has 3 aliphatic heterocycles. The molecule has 0 radical (unpaired) electrons. The maximum atomic E-state index is 14.2. The SMILES string of the molecule is CN(C(=O)OC(C)(C)C)[C@@H]1[C@@H](O)[C@@H](O[C@@H]2[C@@H](O)[C@H](O[C@H]3OC(CNCC4(O)CC(NC(=O)OC(C)(C)C)C4)=CC[C@H]3NC(=O)OC(C)(C)C)[C@@H](NC(=O)OC(C)(C)C)C[C@H]2NC(=O)C(O)C2CN(C(=O)OC(C)(C)C)C2)OC[C@]1(C)O. The molecule has 5 rings (SSSR count). The first-order valence-electron chi connectivity index (χ1n) is 27.6. The minimum absolute atomic E-state index is 0.0244. The van der Waals surface area contributed by atoms with Crippen molar-refractivity contribution in [3.63, 3.8) is 0 Å². The van der Waals surface area contributed by atoms with Crippen molar-refractivity contribution in [1.82, 2.24) is 36.4 Å². The summed E-state index contributed by atoms with van der Waals surface area (Å²) in [5.41, 5.74) is -7.53. The Balaban J connectivity index is 1.47. The smallest absolute Gasteiger partial charge is 0.410 e. The summed E-state index contributed by atoms with van der Waals surface area (Å²) >= 11 is 0. The molecule has 6 amide bonds. The van der Waals surface area contributed by atoms with Crippen molar-refractivity contribution < 1.29 is 96.9 Å². The fraction of sp³-hybridized carbons (Fsp3) is 0.852. The van der Waals surface area contributed by atoms with E-state index in [2.05, 4.69) is 26.6 Å². The second-order valence-electron chi connectivity index (χ2n) is 27.2. The summed E-state index contributed by atoms with van der Waals surface area (Å²) in [5.74, 6) is -1.42. The number of likely N-dealkylation sites (N-methyl/N-ethyl adjacent to an activating group) is 1. The summed E-state index contributed by atoms with van der Waals surface area (Å²) in [5, 5.41) is 73.3. The van der Waals surface area contributed by atoms with Crippen LogP contribution < -0.4 is 26.6 Å². The van der Waals surface area contributed by atoms with Crippen molar-refractivity contribution in [1.29, 1.82) is 0 Å². The molecule has 0 aromatic heterocycles. The first-order chi connectivity index (χ1) is 36.9. The molecule has 0 spiro atoms. The van der Waals surface area contributed by atoms with Crippen molar-refractivity contribution in [2.24, 2.45) is 5.92 Å². The fourth-order valence-corrected chi connectivity index (χ4v) is 9.91. The molecule has 2 saturated carbocycles. The molecule has 81 heavy (non-hydrogen) atoms. The second-order valence-corrected chi connectivity index (χ2v) is 27.2. The van der Waals surface area contributed by atoms with Crippen LogP contribution in [0.2, 0.25) is 0 Å². The molecule has 27 heteroatoms. The molecule has 0 aromatic rings. The van der Waals surface area contributed by atoms with Crippen LogP contribution in [0.25, 0.3) is 0 Å². The summed E-state index contributed by atoms with van der Waals surface area (Å²) in [6, 6.07) is -5.48. The molecule has 2 aliphatic carbocycles. The van der Waals surface area contributed by atoms with Gasteiger partial charge in [0.05, 0.1) is 42.9 Å². The van der Waals surface area contributed by atoms with Crippen molar-refractivity contribution in [2.45, 2.75) is 249 Å².